The maximum absolute atomic E-state index is 10.5. The highest BCUT2D eigenvalue weighted by Gasteiger charge is 2.25. The molecule has 110 valence electrons. The Kier molecular flexibility index (Phi) is 4.40. The van der Waals surface area contributed by atoms with Crippen molar-refractivity contribution < 1.29 is 10.0 Å². The van der Waals surface area contributed by atoms with Crippen LogP contribution in [-0.4, -0.2) is 21.6 Å². The molecule has 6 nitrogen and oxygen atoms in total. The zero-order valence-corrected chi connectivity index (χ0v) is 12.0. The number of nitrogens with one attached hydrogen (secondary N) is 1. The summed E-state index contributed by atoms with van der Waals surface area (Å²) in [5.74, 6) is 0.438. The van der Waals surface area contributed by atoms with Crippen molar-refractivity contribution in [3.05, 3.63) is 63.3 Å². The molecule has 1 heterocycles. The van der Waals surface area contributed by atoms with Crippen molar-refractivity contribution in [1.82, 2.24) is 4.98 Å². The van der Waals surface area contributed by atoms with Gasteiger partial charge in [-0.15, -0.1) is 0 Å². The van der Waals surface area contributed by atoms with Crippen LogP contribution in [-0.2, 0) is 5.60 Å². The molecular weight excluding hydrogens is 294 g/mol. The summed E-state index contributed by atoms with van der Waals surface area (Å²) >= 11 is 6.07. The summed E-state index contributed by atoms with van der Waals surface area (Å²) in [6.07, 6.45) is 1.16. The maximum atomic E-state index is 10.5. The summed E-state index contributed by atoms with van der Waals surface area (Å²) in [4.78, 5) is 13.9. The number of nitrogens with zero attached hydrogens (tertiary/aromatic N) is 2. The number of benzene rings is 1. The van der Waals surface area contributed by atoms with Crippen molar-refractivity contribution in [3.8, 4) is 0 Å². The number of rotatable bonds is 5. The summed E-state index contributed by atoms with van der Waals surface area (Å²) in [6.45, 7) is 1.80. The van der Waals surface area contributed by atoms with Crippen LogP contribution in [0.1, 0.15) is 12.5 Å². The third kappa shape index (κ3) is 3.68. The van der Waals surface area contributed by atoms with Gasteiger partial charge in [0.2, 0.25) is 0 Å². The molecule has 2 rings (SSSR count). The number of hydrogen-bond donors (Lipinski definition) is 2. The lowest BCUT2D eigenvalue weighted by atomic mass is 9.96. The smallest absolute Gasteiger partial charge is 0.287 e. The first-order valence-corrected chi connectivity index (χ1v) is 6.59. The quantitative estimate of drug-likeness (QED) is 0.655. The van der Waals surface area contributed by atoms with E-state index in [0.717, 1.165) is 6.20 Å². The van der Waals surface area contributed by atoms with Gasteiger partial charge in [0, 0.05) is 23.2 Å². The molecule has 1 atom stereocenters. The molecule has 0 aliphatic carbocycles. The summed E-state index contributed by atoms with van der Waals surface area (Å²) in [5.41, 5.74) is -0.679. The van der Waals surface area contributed by atoms with Gasteiger partial charge >= 0.3 is 0 Å². The highest BCUT2D eigenvalue weighted by molar-refractivity contribution is 6.31. The summed E-state index contributed by atoms with van der Waals surface area (Å²) in [5, 5.41) is 24.4. The molecule has 0 bridgehead atoms. The highest BCUT2D eigenvalue weighted by Crippen LogP contribution is 2.28. The summed E-state index contributed by atoms with van der Waals surface area (Å²) in [6, 6.07) is 9.86. The first kappa shape index (κ1) is 15.2. The van der Waals surface area contributed by atoms with Gasteiger partial charge < -0.3 is 10.4 Å². The number of nitro groups is 1. The van der Waals surface area contributed by atoms with Crippen LogP contribution in [0.4, 0.5) is 11.5 Å². The fraction of sp³-hybridized carbons (Fsp3) is 0.214. The Bertz CT molecular complexity index is 644. The van der Waals surface area contributed by atoms with Gasteiger partial charge in [-0.1, -0.05) is 29.8 Å². The summed E-state index contributed by atoms with van der Waals surface area (Å²) < 4.78 is 0. The van der Waals surface area contributed by atoms with Crippen LogP contribution >= 0.6 is 11.6 Å². The standard InChI is InChI=1S/C14H14ClN3O3/c1-14(19,11-4-2-3-5-12(11)15)9-17-13-7-6-10(8-16-13)18(20)21/h2-8,19H,9H2,1H3,(H,16,17). The van der Waals surface area contributed by atoms with E-state index in [0.29, 0.717) is 16.4 Å². The van der Waals surface area contributed by atoms with Gasteiger partial charge in [0.15, 0.2) is 0 Å². The number of pyridine rings is 1. The van der Waals surface area contributed by atoms with E-state index in [9.17, 15) is 15.2 Å². The fourth-order valence-corrected chi connectivity index (χ4v) is 2.19. The molecule has 0 saturated carbocycles. The first-order chi connectivity index (χ1) is 9.90. The number of anilines is 1. The lowest BCUT2D eigenvalue weighted by molar-refractivity contribution is -0.385. The van der Waals surface area contributed by atoms with Gasteiger partial charge in [-0.05, 0) is 19.1 Å². The monoisotopic (exact) mass is 307 g/mol. The predicted molar refractivity (Wildman–Crippen MR) is 80.4 cm³/mol. The Morgan fingerprint density at radius 1 is 1.38 bits per heavy atom. The van der Waals surface area contributed by atoms with E-state index >= 15 is 0 Å². The van der Waals surface area contributed by atoms with Crippen LogP contribution in [0, 0.1) is 10.1 Å². The number of hydrogen-bond acceptors (Lipinski definition) is 5. The molecule has 0 radical (unpaired) electrons. The van der Waals surface area contributed by atoms with E-state index in [1.807, 2.05) is 0 Å². The van der Waals surface area contributed by atoms with Crippen molar-refractivity contribution in [3.63, 3.8) is 0 Å². The SMILES string of the molecule is CC(O)(CNc1ccc([N+](=O)[O-])cn1)c1ccccc1Cl. The molecule has 0 amide bonds. The Morgan fingerprint density at radius 2 is 2.10 bits per heavy atom. The van der Waals surface area contributed by atoms with Gasteiger partial charge in [-0.25, -0.2) is 4.98 Å². The summed E-state index contributed by atoms with van der Waals surface area (Å²) in [7, 11) is 0. The third-order valence-electron chi connectivity index (χ3n) is 3.03. The number of aliphatic hydroxyl groups is 1. The van der Waals surface area contributed by atoms with Gasteiger partial charge in [-0.3, -0.25) is 10.1 Å². The van der Waals surface area contributed by atoms with Gasteiger partial charge in [0.25, 0.3) is 5.69 Å². The third-order valence-corrected chi connectivity index (χ3v) is 3.36. The van der Waals surface area contributed by atoms with E-state index in [-0.39, 0.29) is 12.2 Å². The predicted octanol–water partition coefficient (Wildman–Crippen LogP) is 2.96. The van der Waals surface area contributed by atoms with Crippen LogP contribution in [0.5, 0.6) is 0 Å². The second kappa shape index (κ2) is 6.07. The number of aromatic nitrogens is 1. The number of halogens is 1. The first-order valence-electron chi connectivity index (χ1n) is 6.22. The van der Waals surface area contributed by atoms with Crippen molar-refractivity contribution in [2.24, 2.45) is 0 Å². The van der Waals surface area contributed by atoms with Gasteiger partial charge in [0.1, 0.15) is 17.6 Å². The van der Waals surface area contributed by atoms with Gasteiger partial charge in [-0.2, -0.15) is 0 Å². The van der Waals surface area contributed by atoms with Crippen LogP contribution in [0.25, 0.3) is 0 Å². The molecule has 0 fully saturated rings. The fourth-order valence-electron chi connectivity index (χ4n) is 1.85. The molecule has 21 heavy (non-hydrogen) atoms. The van der Waals surface area contributed by atoms with Crippen LogP contribution in [0.15, 0.2) is 42.6 Å². The molecule has 2 N–H and O–H groups in total. The zero-order chi connectivity index (χ0) is 15.5. The zero-order valence-electron chi connectivity index (χ0n) is 11.3. The molecule has 7 heteroatoms. The molecule has 1 aromatic heterocycles. The molecule has 1 aromatic carbocycles. The topological polar surface area (TPSA) is 88.3 Å². The van der Waals surface area contributed by atoms with Crippen molar-refractivity contribution in [1.29, 1.82) is 0 Å². The molecule has 2 aromatic rings. The minimum absolute atomic E-state index is 0.0848. The van der Waals surface area contributed by atoms with Crippen molar-refractivity contribution >= 4 is 23.1 Å². The molecule has 1 unspecified atom stereocenters. The van der Waals surface area contributed by atoms with Crippen LogP contribution in [0.2, 0.25) is 5.02 Å². The Morgan fingerprint density at radius 3 is 2.67 bits per heavy atom. The second-order valence-electron chi connectivity index (χ2n) is 4.77. The lowest BCUT2D eigenvalue weighted by Crippen LogP contribution is -2.31. The molecule has 0 saturated heterocycles. The lowest BCUT2D eigenvalue weighted by Gasteiger charge is -2.25. The largest absolute Gasteiger partial charge is 0.384 e. The minimum Gasteiger partial charge on any atom is -0.384 e. The molecule has 0 spiro atoms. The van der Waals surface area contributed by atoms with Gasteiger partial charge in [0.05, 0.1) is 4.92 Å². The average Bonchev–Trinajstić information content (AvgIpc) is 2.46. The van der Waals surface area contributed by atoms with Crippen molar-refractivity contribution in [2.45, 2.75) is 12.5 Å². The Balaban J connectivity index is 2.08. The molecule has 0 aliphatic heterocycles. The Labute approximate surface area is 126 Å². The van der Waals surface area contributed by atoms with E-state index in [1.165, 1.54) is 12.1 Å². The highest BCUT2D eigenvalue weighted by atomic mass is 35.5. The maximum Gasteiger partial charge on any atom is 0.287 e. The van der Waals surface area contributed by atoms with E-state index < -0.39 is 10.5 Å². The van der Waals surface area contributed by atoms with Crippen LogP contribution in [0.3, 0.4) is 0 Å². The normalized spacial score (nSPS) is 13.5. The molecular formula is C14H14ClN3O3. The Hall–Kier alpha value is -2.18. The average molecular weight is 308 g/mol. The van der Waals surface area contributed by atoms with E-state index in [1.54, 1.807) is 31.2 Å². The second-order valence-corrected chi connectivity index (χ2v) is 5.17. The van der Waals surface area contributed by atoms with E-state index in [2.05, 4.69) is 10.3 Å². The van der Waals surface area contributed by atoms with E-state index in [4.69, 9.17) is 11.6 Å². The van der Waals surface area contributed by atoms with Crippen LogP contribution < -0.4 is 5.32 Å². The molecule has 0 aliphatic rings. The minimum atomic E-state index is -1.19. The van der Waals surface area contributed by atoms with Crippen molar-refractivity contribution in [2.75, 3.05) is 11.9 Å².